The number of nitrogens with one attached hydrogen (secondary N) is 2. The molecule has 5 rings (SSSR count). The Morgan fingerprint density at radius 1 is 1.27 bits per heavy atom. The fourth-order valence-electron chi connectivity index (χ4n) is 3.33. The molecule has 3 nitrogen and oxygen atoms in total. The number of hydrogen-bond donors (Lipinski definition) is 3. The van der Waals surface area contributed by atoms with Gasteiger partial charge in [0.1, 0.15) is 11.6 Å². The predicted molar refractivity (Wildman–Crippen MR) is 120 cm³/mol. The second-order valence-corrected chi connectivity index (χ2v) is 8.72. The van der Waals surface area contributed by atoms with Gasteiger partial charge in [-0.3, -0.25) is 0 Å². The second kappa shape index (κ2) is 9.71. The highest BCUT2D eigenvalue weighted by atomic mass is 19.1. The molecule has 3 N–H and O–H groups in total. The van der Waals surface area contributed by atoms with E-state index in [1.54, 1.807) is 6.08 Å². The minimum atomic E-state index is -0.238. The van der Waals surface area contributed by atoms with Crippen LogP contribution in [-0.2, 0) is 0 Å². The van der Waals surface area contributed by atoms with Crippen molar-refractivity contribution >= 4 is 10.9 Å². The lowest BCUT2D eigenvalue weighted by Crippen LogP contribution is -2.14. The third-order valence-electron chi connectivity index (χ3n) is 5.91. The molecule has 1 aromatic heterocycles. The first-order chi connectivity index (χ1) is 14.3. The Hall–Kier alpha value is -2.24. The van der Waals surface area contributed by atoms with Gasteiger partial charge in [-0.05, 0) is 74.9 Å². The largest absolute Gasteiger partial charge is 0.394 e. The van der Waals surface area contributed by atoms with E-state index in [4.69, 9.17) is 5.11 Å². The molecule has 5 heteroatoms. The molecule has 2 fully saturated rings. The van der Waals surface area contributed by atoms with Gasteiger partial charge in [0.05, 0.1) is 17.7 Å². The number of fused-ring (bicyclic) bond motifs is 1. The maximum absolute atomic E-state index is 13.8. The van der Waals surface area contributed by atoms with Crippen LogP contribution in [0.2, 0.25) is 0 Å². The average Bonchev–Trinajstić information content (AvgIpc) is 3.27. The Labute approximate surface area is 177 Å². The lowest BCUT2D eigenvalue weighted by molar-refractivity contribution is 0.260. The lowest BCUT2D eigenvalue weighted by Gasteiger charge is -2.20. The van der Waals surface area contributed by atoms with Crippen molar-refractivity contribution in [3.63, 3.8) is 0 Å². The summed E-state index contributed by atoms with van der Waals surface area (Å²) in [6, 6.07) is 5.40. The maximum Gasteiger partial charge on any atom is 0.147 e. The van der Waals surface area contributed by atoms with Crippen LogP contribution in [0.5, 0.6) is 0 Å². The summed E-state index contributed by atoms with van der Waals surface area (Å²) >= 11 is 0. The smallest absolute Gasteiger partial charge is 0.147 e. The number of benzene rings is 1. The fraction of sp³-hybridized carbons (Fsp3) is 0.440. The first-order valence-corrected chi connectivity index (χ1v) is 10.6. The van der Waals surface area contributed by atoms with Gasteiger partial charge in [0.25, 0.3) is 0 Å². The van der Waals surface area contributed by atoms with Crippen molar-refractivity contribution in [2.45, 2.75) is 51.0 Å². The Morgan fingerprint density at radius 3 is 2.43 bits per heavy atom. The number of allylic oxidation sites excluding steroid dienone is 5. The van der Waals surface area contributed by atoms with E-state index in [1.807, 2.05) is 32.1 Å². The van der Waals surface area contributed by atoms with Crippen molar-refractivity contribution in [2.24, 2.45) is 5.92 Å². The fourth-order valence-corrected chi connectivity index (χ4v) is 3.33. The number of aliphatic hydroxyl groups is 1. The lowest BCUT2D eigenvalue weighted by atomic mass is 9.86. The highest BCUT2D eigenvalue weighted by Gasteiger charge is 2.35. The number of H-pyrrole nitrogens is 1. The molecule has 0 radical (unpaired) electrons. The molecular weight excluding hydrogens is 382 g/mol. The molecule has 0 bridgehead atoms. The molecule has 2 heterocycles. The zero-order valence-corrected chi connectivity index (χ0v) is 17.8. The van der Waals surface area contributed by atoms with E-state index in [2.05, 4.69) is 23.0 Å². The topological polar surface area (TPSA) is 58.0 Å². The van der Waals surface area contributed by atoms with Gasteiger partial charge in [-0.25, -0.2) is 8.78 Å². The molecule has 2 unspecified atom stereocenters. The summed E-state index contributed by atoms with van der Waals surface area (Å²) in [4.78, 5) is 3.10. The van der Waals surface area contributed by atoms with Gasteiger partial charge in [-0.1, -0.05) is 18.6 Å². The number of aliphatic hydroxyl groups excluding tert-OH is 1. The summed E-state index contributed by atoms with van der Waals surface area (Å²) < 4.78 is 26.7. The van der Waals surface area contributed by atoms with Crippen LogP contribution in [0.3, 0.4) is 0 Å². The number of rotatable bonds is 3. The molecular formula is C25H32F2N2O. The zero-order valence-electron chi connectivity index (χ0n) is 17.8. The number of halogens is 2. The molecule has 2 atom stereocenters. The van der Waals surface area contributed by atoms with Gasteiger partial charge in [-0.15, -0.1) is 6.58 Å². The molecule has 1 aromatic carbocycles. The highest BCUT2D eigenvalue weighted by Crippen LogP contribution is 2.30. The third-order valence-corrected chi connectivity index (χ3v) is 5.91. The summed E-state index contributed by atoms with van der Waals surface area (Å²) in [5.74, 6) is 0.531. The summed E-state index contributed by atoms with van der Waals surface area (Å²) in [6.07, 6.45) is 11.7. The minimum Gasteiger partial charge on any atom is -0.394 e. The Balaban J connectivity index is 0.000000173. The molecule has 0 spiro atoms. The summed E-state index contributed by atoms with van der Waals surface area (Å²) in [5.41, 5.74) is 2.45. The Bertz CT molecular complexity index is 936. The Kier molecular flexibility index (Phi) is 7.27. The van der Waals surface area contributed by atoms with Gasteiger partial charge in [0, 0.05) is 23.5 Å². The highest BCUT2D eigenvalue weighted by molar-refractivity contribution is 5.82. The van der Waals surface area contributed by atoms with Crippen LogP contribution in [0.4, 0.5) is 8.78 Å². The van der Waals surface area contributed by atoms with Crippen molar-refractivity contribution < 1.29 is 13.9 Å². The van der Waals surface area contributed by atoms with E-state index in [0.717, 1.165) is 29.1 Å². The van der Waals surface area contributed by atoms with Crippen LogP contribution in [-0.4, -0.2) is 28.8 Å². The molecule has 2 aliphatic carbocycles. The van der Waals surface area contributed by atoms with Crippen molar-refractivity contribution in [1.29, 1.82) is 0 Å². The number of aryl methyl sites for hydroxylation is 1. The standard InChI is InChI=1S/C15H13F2N.C6H10.C4H9NO/c1-9-6-11-8-14(18-15(11)13(17)7-9)10-2-4-12(16)5-3-10;1-2-6-4-3-5-6;1-4(3-6)2-5-4/h2,4-8,10,18H,3H2,1H3;2,6H,1,3-5H2;5-6H,2-3H2,1H3. The van der Waals surface area contributed by atoms with Gasteiger partial charge in [-0.2, -0.15) is 0 Å². The molecule has 2 aromatic rings. The van der Waals surface area contributed by atoms with Gasteiger partial charge < -0.3 is 15.4 Å². The molecule has 3 aliphatic rings. The molecule has 1 saturated carbocycles. The SMILES string of the molecule is C=CC1CCC1.CC1(CO)CN1.Cc1cc(F)c2[nH]c(C3C=CC(F)=CC3)cc2c1. The normalized spacial score (nSPS) is 24.7. The number of aromatic amines is 1. The van der Waals surface area contributed by atoms with Crippen molar-refractivity contribution in [2.75, 3.05) is 13.2 Å². The van der Waals surface area contributed by atoms with Crippen LogP contribution in [0.25, 0.3) is 10.9 Å². The number of hydrogen-bond acceptors (Lipinski definition) is 2. The maximum atomic E-state index is 13.8. The van der Waals surface area contributed by atoms with E-state index in [0.29, 0.717) is 11.9 Å². The van der Waals surface area contributed by atoms with E-state index in [1.165, 1.54) is 31.4 Å². The quantitative estimate of drug-likeness (QED) is 0.437. The summed E-state index contributed by atoms with van der Waals surface area (Å²) in [6.45, 7) is 8.79. The van der Waals surface area contributed by atoms with Crippen LogP contribution in [0.1, 0.15) is 49.8 Å². The van der Waals surface area contributed by atoms with Crippen LogP contribution in [0, 0.1) is 18.7 Å². The van der Waals surface area contributed by atoms with Gasteiger partial charge in [0.2, 0.25) is 0 Å². The first kappa shape index (κ1) is 22.4. The van der Waals surface area contributed by atoms with E-state index < -0.39 is 0 Å². The first-order valence-electron chi connectivity index (χ1n) is 10.6. The van der Waals surface area contributed by atoms with Crippen molar-refractivity contribution in [3.8, 4) is 0 Å². The van der Waals surface area contributed by atoms with E-state index >= 15 is 0 Å². The summed E-state index contributed by atoms with van der Waals surface area (Å²) in [7, 11) is 0. The molecule has 1 saturated heterocycles. The van der Waals surface area contributed by atoms with Crippen molar-refractivity contribution in [1.82, 2.24) is 10.3 Å². The van der Waals surface area contributed by atoms with Crippen LogP contribution >= 0.6 is 0 Å². The predicted octanol–water partition coefficient (Wildman–Crippen LogP) is 5.83. The summed E-state index contributed by atoms with van der Waals surface area (Å²) in [5, 5.41) is 12.3. The third kappa shape index (κ3) is 5.89. The molecule has 1 aliphatic heterocycles. The minimum absolute atomic E-state index is 0.0941. The monoisotopic (exact) mass is 414 g/mol. The molecule has 0 amide bonds. The average molecular weight is 415 g/mol. The number of aromatic nitrogens is 1. The molecule has 30 heavy (non-hydrogen) atoms. The molecule has 162 valence electrons. The van der Waals surface area contributed by atoms with Crippen molar-refractivity contribution in [3.05, 3.63) is 72.0 Å². The van der Waals surface area contributed by atoms with Gasteiger partial charge >= 0.3 is 0 Å². The Morgan fingerprint density at radius 2 is 2.00 bits per heavy atom. The van der Waals surface area contributed by atoms with Gasteiger partial charge in [0.15, 0.2) is 0 Å². The van der Waals surface area contributed by atoms with Crippen LogP contribution < -0.4 is 5.32 Å². The zero-order chi connectivity index (χ0) is 21.7. The van der Waals surface area contributed by atoms with E-state index in [-0.39, 0.29) is 29.7 Å². The van der Waals surface area contributed by atoms with E-state index in [9.17, 15) is 8.78 Å². The van der Waals surface area contributed by atoms with Crippen LogP contribution in [0.15, 0.2) is 54.9 Å². The second-order valence-electron chi connectivity index (χ2n) is 8.72.